The summed E-state index contributed by atoms with van der Waals surface area (Å²) in [6.07, 6.45) is 7.77. The van der Waals surface area contributed by atoms with E-state index in [9.17, 15) is 5.11 Å². The Morgan fingerprint density at radius 2 is 2.11 bits per heavy atom. The number of halogens is 1. The number of rotatable bonds is 5. The second kappa shape index (κ2) is 7.18. The molecule has 2 aromatic rings. The first-order valence-electron chi connectivity index (χ1n) is 10.2. The third kappa shape index (κ3) is 3.21. The maximum absolute atomic E-state index is 9.79. The van der Waals surface area contributed by atoms with Crippen LogP contribution in [0.1, 0.15) is 43.5 Å². The average Bonchev–Trinajstić information content (AvgIpc) is 3.47. The molecule has 28 heavy (non-hydrogen) atoms. The van der Waals surface area contributed by atoms with Gasteiger partial charge in [-0.1, -0.05) is 22.9 Å². The van der Waals surface area contributed by atoms with E-state index in [0.717, 1.165) is 54.1 Å². The normalized spacial score (nSPS) is 32.5. The van der Waals surface area contributed by atoms with Gasteiger partial charge in [0.1, 0.15) is 16.3 Å². The Labute approximate surface area is 174 Å². The van der Waals surface area contributed by atoms with Crippen molar-refractivity contribution in [3.8, 4) is 10.6 Å². The molecule has 2 aromatic heterocycles. The third-order valence-electron chi connectivity index (χ3n) is 6.69. The first-order chi connectivity index (χ1) is 14.0. The van der Waals surface area contributed by atoms with Gasteiger partial charge in [-0.3, -0.25) is 5.32 Å². The van der Waals surface area contributed by atoms with E-state index >= 15 is 0 Å². The fourth-order valence-corrected chi connectivity index (χ4v) is 5.98. The van der Waals surface area contributed by atoms with Crippen molar-refractivity contribution in [3.05, 3.63) is 22.4 Å². The van der Waals surface area contributed by atoms with Crippen LogP contribution >= 0.6 is 22.9 Å². The Morgan fingerprint density at radius 1 is 1.32 bits per heavy atom. The van der Waals surface area contributed by atoms with Crippen LogP contribution in [0.5, 0.6) is 0 Å². The highest BCUT2D eigenvalue weighted by Gasteiger charge is 2.50. The zero-order chi connectivity index (χ0) is 20.1. The monoisotopic (exact) mass is 422 g/mol. The van der Waals surface area contributed by atoms with Crippen molar-refractivity contribution in [3.63, 3.8) is 0 Å². The van der Waals surface area contributed by atoms with Crippen LogP contribution in [0, 0.1) is 5.41 Å². The highest BCUT2D eigenvalue weighted by molar-refractivity contribution is 7.14. The molecule has 1 unspecified atom stereocenters. The quantitative estimate of drug-likeness (QED) is 0.637. The minimum absolute atomic E-state index is 0.0777. The van der Waals surface area contributed by atoms with Crippen LogP contribution < -0.4 is 10.6 Å². The van der Waals surface area contributed by atoms with Crippen LogP contribution in [-0.2, 0) is 10.2 Å². The Morgan fingerprint density at radius 3 is 2.79 bits per heavy atom. The van der Waals surface area contributed by atoms with Gasteiger partial charge in [0.2, 0.25) is 0 Å². The lowest BCUT2D eigenvalue weighted by atomic mass is 9.54. The summed E-state index contributed by atoms with van der Waals surface area (Å²) in [5.41, 5.74) is 1.60. The lowest BCUT2D eigenvalue weighted by Crippen LogP contribution is -2.45. The van der Waals surface area contributed by atoms with E-state index in [0.29, 0.717) is 30.8 Å². The van der Waals surface area contributed by atoms with Crippen molar-refractivity contribution in [1.29, 1.82) is 0 Å². The fraction of sp³-hybridized carbons (Fsp3) is 0.632. The standard InChI is InChI=1S/C19H24ClN5O2S/c20-14-7-13(23-15-9-27-11-22-15)12(8-21-14)16-24-25-17(28-16)19-4-1-18(10-26,2-5-19)3-6-19/h7-8,15,22,26H,1-6,9-11H2,(H,21,23)/i/hD. The summed E-state index contributed by atoms with van der Waals surface area (Å²) in [6.45, 7) is 1.15. The van der Waals surface area contributed by atoms with E-state index in [-0.39, 0.29) is 17.0 Å². The summed E-state index contributed by atoms with van der Waals surface area (Å²) in [7, 11) is 0. The van der Waals surface area contributed by atoms with Gasteiger partial charge in [0.15, 0.2) is 6.42 Å². The summed E-state index contributed by atoms with van der Waals surface area (Å²) >= 11 is 7.73. The largest absolute Gasteiger partial charge is 0.396 e. The molecule has 2 bridgehead atoms. The van der Waals surface area contributed by atoms with Crippen molar-refractivity contribution < 1.29 is 11.3 Å². The van der Waals surface area contributed by atoms with Gasteiger partial charge in [-0.05, 0) is 50.0 Å². The van der Waals surface area contributed by atoms with Gasteiger partial charge in [0.25, 0.3) is 0 Å². The molecule has 0 radical (unpaired) electrons. The molecule has 1 aliphatic heterocycles. The van der Waals surface area contributed by atoms with Gasteiger partial charge < -0.3 is 15.2 Å². The molecule has 3 aliphatic carbocycles. The summed E-state index contributed by atoms with van der Waals surface area (Å²) < 4.78 is 13.9. The molecule has 4 aliphatic rings. The number of fused-ring (bicyclic) bond motifs is 3. The number of anilines is 1. The lowest BCUT2D eigenvalue weighted by molar-refractivity contribution is -0.00713. The number of hydrogen-bond donors (Lipinski definition) is 3. The first kappa shape index (κ1) is 17.5. The van der Waals surface area contributed by atoms with E-state index in [1.807, 2.05) is 0 Å². The molecule has 3 heterocycles. The number of pyridine rings is 1. The van der Waals surface area contributed by atoms with Gasteiger partial charge in [-0.15, -0.1) is 10.2 Å². The molecule has 9 heteroatoms. The Bertz CT molecular complexity index is 882. The molecule has 1 saturated heterocycles. The summed E-state index contributed by atoms with van der Waals surface area (Å²) in [6, 6.07) is 1.69. The van der Waals surface area contributed by atoms with Crippen LogP contribution in [0.15, 0.2) is 12.3 Å². The molecule has 6 rings (SSSR count). The van der Waals surface area contributed by atoms with Crippen LogP contribution in [0.4, 0.5) is 5.69 Å². The van der Waals surface area contributed by atoms with Crippen molar-refractivity contribution in [2.45, 2.75) is 50.1 Å². The number of aliphatic hydroxyl groups excluding tert-OH is 1. The number of aliphatic hydroxyl groups is 1. The van der Waals surface area contributed by atoms with Crippen molar-refractivity contribution in [2.24, 2.45) is 5.41 Å². The number of aromatic nitrogens is 3. The molecule has 0 spiro atoms. The van der Waals surface area contributed by atoms with E-state index in [2.05, 4.69) is 20.5 Å². The third-order valence-corrected chi connectivity index (χ3v) is 8.10. The van der Waals surface area contributed by atoms with Crippen molar-refractivity contribution >= 4 is 28.6 Å². The highest BCUT2D eigenvalue weighted by atomic mass is 35.5. The first-order valence-corrected chi connectivity index (χ1v) is 10.9. The SMILES string of the molecule is [2H]N(c1cc(Cl)ncc1-c1nnc(C23CCC(CO)(CC2)CC3)s1)C1COCN1. The second-order valence-electron chi connectivity index (χ2n) is 8.24. The number of nitrogens with zero attached hydrogens (tertiary/aromatic N) is 3. The van der Waals surface area contributed by atoms with E-state index in [4.69, 9.17) is 17.7 Å². The molecule has 0 amide bonds. The van der Waals surface area contributed by atoms with Crippen LogP contribution in [0.2, 0.25) is 6.56 Å². The number of nitrogens with one attached hydrogen (secondary N) is 2. The van der Waals surface area contributed by atoms with Gasteiger partial charge in [0.05, 0.1) is 24.6 Å². The molecule has 0 aromatic carbocycles. The maximum atomic E-state index is 9.79. The summed E-state index contributed by atoms with van der Waals surface area (Å²) in [5, 5.41) is 25.5. The number of hydrogen-bond acceptors (Lipinski definition) is 8. The van der Waals surface area contributed by atoms with Gasteiger partial charge in [-0.25, -0.2) is 4.98 Å². The molecule has 3 N–H and O–H groups in total. The lowest BCUT2D eigenvalue weighted by Gasteiger charge is -2.51. The molecule has 3 saturated carbocycles. The highest BCUT2D eigenvalue weighted by Crippen LogP contribution is 2.58. The molecule has 1 atom stereocenters. The predicted molar refractivity (Wildman–Crippen MR) is 108 cm³/mol. The molecule has 150 valence electrons. The van der Waals surface area contributed by atoms with Crippen molar-refractivity contribution in [1.82, 2.24) is 20.5 Å². The molecule has 4 fully saturated rings. The number of ether oxygens (including phenoxy) is 1. The maximum Gasteiger partial charge on any atom is 0.162 e. The predicted octanol–water partition coefficient (Wildman–Crippen LogP) is 3.15. The van der Waals surface area contributed by atoms with E-state index < -0.39 is 0 Å². The average molecular weight is 423 g/mol. The minimum Gasteiger partial charge on any atom is -0.396 e. The van der Waals surface area contributed by atoms with E-state index in [1.165, 1.54) is 5.31 Å². The van der Waals surface area contributed by atoms with E-state index in [1.54, 1.807) is 23.6 Å². The zero-order valence-electron chi connectivity index (χ0n) is 16.5. The molecular formula is C19H24ClN5O2S. The van der Waals surface area contributed by atoms with Gasteiger partial charge in [-0.2, -0.15) is 0 Å². The summed E-state index contributed by atoms with van der Waals surface area (Å²) in [4.78, 5) is 4.23. The topological polar surface area (TPSA) is 92.2 Å². The Kier molecular flexibility index (Phi) is 4.49. The molecule has 7 nitrogen and oxygen atoms in total. The summed E-state index contributed by atoms with van der Waals surface area (Å²) in [5.74, 6) is 0. The minimum atomic E-state index is -0.249. The van der Waals surface area contributed by atoms with Gasteiger partial charge >= 0.3 is 0 Å². The zero-order valence-corrected chi connectivity index (χ0v) is 17.1. The fourth-order valence-electron chi connectivity index (χ4n) is 4.69. The smallest absolute Gasteiger partial charge is 0.162 e. The second-order valence-corrected chi connectivity index (χ2v) is 9.60. The Balaban J connectivity index is 1.45. The Hall–Kier alpha value is -1.32. The van der Waals surface area contributed by atoms with Gasteiger partial charge in [0, 0.05) is 18.2 Å². The van der Waals surface area contributed by atoms with Crippen LogP contribution in [0.3, 0.4) is 0 Å². The molecular weight excluding hydrogens is 398 g/mol. The van der Waals surface area contributed by atoms with Crippen molar-refractivity contribution in [2.75, 3.05) is 25.3 Å². The van der Waals surface area contributed by atoms with Crippen LogP contribution in [0.25, 0.3) is 10.6 Å². The van der Waals surface area contributed by atoms with Crippen LogP contribution in [-0.4, -0.2) is 46.4 Å².